The number of nitrogens with one attached hydrogen (secondary N) is 1. The predicted molar refractivity (Wildman–Crippen MR) is 111 cm³/mol. The molecule has 144 valence electrons. The normalized spacial score (nSPS) is 12.8. The minimum atomic E-state index is -0.635. The Balaban J connectivity index is 1.59. The number of benzene rings is 2. The van der Waals surface area contributed by atoms with Gasteiger partial charge < -0.3 is 10.2 Å². The number of amides is 2. The highest BCUT2D eigenvalue weighted by atomic mass is 35.5. The Morgan fingerprint density at radius 1 is 0.966 bits per heavy atom. The molecule has 8 heteroatoms. The van der Waals surface area contributed by atoms with Crippen molar-refractivity contribution in [3.05, 3.63) is 87.7 Å². The van der Waals surface area contributed by atoms with E-state index in [0.29, 0.717) is 27.0 Å². The average Bonchev–Trinajstić information content (AvgIpc) is 2.96. The Hall–Kier alpha value is -3.22. The first-order valence-electron chi connectivity index (χ1n) is 8.59. The van der Waals surface area contributed by atoms with E-state index in [9.17, 15) is 14.4 Å². The number of hydrogen-bond donors (Lipinski definition) is 1. The summed E-state index contributed by atoms with van der Waals surface area (Å²) in [5.41, 5.74) is 2.31. The summed E-state index contributed by atoms with van der Waals surface area (Å²) in [7, 11) is 0. The lowest BCUT2D eigenvalue weighted by atomic mass is 10.1. The monoisotopic (exact) mass is 425 g/mol. The second kappa shape index (κ2) is 7.66. The molecular formula is C21H13Cl2N3O3. The van der Waals surface area contributed by atoms with Crippen LogP contribution in [0.4, 0.5) is 11.4 Å². The van der Waals surface area contributed by atoms with Gasteiger partial charge in [0.25, 0.3) is 17.6 Å². The second-order valence-corrected chi connectivity index (χ2v) is 7.21. The highest BCUT2D eigenvalue weighted by Crippen LogP contribution is 2.33. The minimum Gasteiger partial charge on any atom is -0.322 e. The van der Waals surface area contributed by atoms with Crippen LogP contribution in [0.25, 0.3) is 0 Å². The number of rotatable bonds is 4. The molecule has 3 aromatic rings. The SMILES string of the molecule is O=C(Nc1ccc2c(c1)C(=O)C(=O)N2Cc1ccc(Cl)c(Cl)c1)c1ccncc1. The summed E-state index contributed by atoms with van der Waals surface area (Å²) in [6.45, 7) is 0.178. The van der Waals surface area contributed by atoms with Crippen molar-refractivity contribution in [3.63, 3.8) is 0 Å². The molecular weight excluding hydrogens is 413 g/mol. The van der Waals surface area contributed by atoms with Gasteiger partial charge in [-0.1, -0.05) is 29.3 Å². The van der Waals surface area contributed by atoms with E-state index in [4.69, 9.17) is 23.2 Å². The number of ketones is 1. The van der Waals surface area contributed by atoms with Gasteiger partial charge in [-0.3, -0.25) is 19.4 Å². The summed E-state index contributed by atoms with van der Waals surface area (Å²) >= 11 is 12.0. The van der Waals surface area contributed by atoms with Crippen molar-refractivity contribution in [2.75, 3.05) is 10.2 Å². The molecule has 1 aliphatic rings. The van der Waals surface area contributed by atoms with E-state index in [-0.39, 0.29) is 18.0 Å². The summed E-state index contributed by atoms with van der Waals surface area (Å²) in [4.78, 5) is 42.5. The van der Waals surface area contributed by atoms with Crippen LogP contribution in [0.2, 0.25) is 10.0 Å². The molecule has 0 radical (unpaired) electrons. The van der Waals surface area contributed by atoms with Crippen LogP contribution < -0.4 is 10.2 Å². The predicted octanol–water partition coefficient (Wildman–Crippen LogP) is 4.37. The van der Waals surface area contributed by atoms with E-state index < -0.39 is 11.7 Å². The molecule has 0 atom stereocenters. The number of pyridine rings is 1. The van der Waals surface area contributed by atoms with Crippen LogP contribution in [-0.2, 0) is 11.3 Å². The van der Waals surface area contributed by atoms with Gasteiger partial charge in [0.15, 0.2) is 0 Å². The van der Waals surface area contributed by atoms with Crippen LogP contribution in [0, 0.1) is 0 Å². The van der Waals surface area contributed by atoms with E-state index in [1.54, 1.807) is 42.5 Å². The van der Waals surface area contributed by atoms with Crippen LogP contribution in [0.15, 0.2) is 60.9 Å². The smallest absolute Gasteiger partial charge is 0.299 e. The number of carbonyl (C=O) groups excluding carboxylic acids is 3. The zero-order chi connectivity index (χ0) is 20.5. The summed E-state index contributed by atoms with van der Waals surface area (Å²) in [6.07, 6.45) is 3.03. The molecule has 2 aromatic carbocycles. The molecule has 0 fully saturated rings. The molecule has 0 bridgehead atoms. The number of carbonyl (C=O) groups is 3. The number of anilines is 2. The number of fused-ring (bicyclic) bond motifs is 1. The molecule has 0 saturated heterocycles. The third-order valence-corrected chi connectivity index (χ3v) is 5.24. The lowest BCUT2D eigenvalue weighted by Crippen LogP contribution is -2.29. The molecule has 29 heavy (non-hydrogen) atoms. The molecule has 2 amide bonds. The molecule has 2 heterocycles. The van der Waals surface area contributed by atoms with Gasteiger partial charge in [-0.15, -0.1) is 0 Å². The van der Waals surface area contributed by atoms with E-state index in [0.717, 1.165) is 5.56 Å². The number of aromatic nitrogens is 1. The summed E-state index contributed by atoms with van der Waals surface area (Å²) in [5.74, 6) is -1.60. The van der Waals surface area contributed by atoms with Gasteiger partial charge in [0.05, 0.1) is 27.8 Å². The lowest BCUT2D eigenvalue weighted by Gasteiger charge is -2.17. The van der Waals surface area contributed by atoms with Crippen molar-refractivity contribution < 1.29 is 14.4 Å². The van der Waals surface area contributed by atoms with Crippen LogP contribution in [0.3, 0.4) is 0 Å². The average molecular weight is 426 g/mol. The maximum atomic E-state index is 12.5. The number of Topliss-reactive ketones (excluding diaryl/α,β-unsaturated/α-hetero) is 1. The van der Waals surface area contributed by atoms with Crippen molar-refractivity contribution in [2.45, 2.75) is 6.54 Å². The fourth-order valence-corrected chi connectivity index (χ4v) is 3.38. The van der Waals surface area contributed by atoms with E-state index in [1.165, 1.54) is 23.4 Å². The fraction of sp³-hybridized carbons (Fsp3) is 0.0476. The first kappa shape index (κ1) is 19.1. The molecule has 0 unspecified atom stereocenters. The molecule has 0 spiro atoms. The first-order valence-corrected chi connectivity index (χ1v) is 9.35. The fourth-order valence-electron chi connectivity index (χ4n) is 3.06. The Bertz CT molecular complexity index is 1150. The van der Waals surface area contributed by atoms with E-state index in [2.05, 4.69) is 10.3 Å². The van der Waals surface area contributed by atoms with E-state index in [1.807, 2.05) is 0 Å². The molecule has 4 rings (SSSR count). The highest BCUT2D eigenvalue weighted by molar-refractivity contribution is 6.52. The quantitative estimate of drug-likeness (QED) is 0.629. The van der Waals surface area contributed by atoms with Gasteiger partial charge in [-0.2, -0.15) is 0 Å². The van der Waals surface area contributed by atoms with Gasteiger partial charge in [-0.25, -0.2) is 0 Å². The Kier molecular flexibility index (Phi) is 5.05. The molecule has 1 aliphatic heterocycles. The van der Waals surface area contributed by atoms with Gasteiger partial charge in [0.1, 0.15) is 0 Å². The molecule has 0 saturated carbocycles. The maximum absolute atomic E-state index is 12.5. The Morgan fingerprint density at radius 3 is 2.45 bits per heavy atom. The van der Waals surface area contributed by atoms with Crippen LogP contribution >= 0.6 is 23.2 Å². The zero-order valence-electron chi connectivity index (χ0n) is 14.9. The highest BCUT2D eigenvalue weighted by Gasteiger charge is 2.36. The van der Waals surface area contributed by atoms with Gasteiger partial charge in [0, 0.05) is 23.6 Å². The van der Waals surface area contributed by atoms with Crippen molar-refractivity contribution in [1.29, 1.82) is 0 Å². The third-order valence-electron chi connectivity index (χ3n) is 4.50. The second-order valence-electron chi connectivity index (χ2n) is 6.39. The Labute approximate surface area is 176 Å². The first-order chi connectivity index (χ1) is 13.9. The van der Waals surface area contributed by atoms with Crippen molar-refractivity contribution in [2.24, 2.45) is 0 Å². The minimum absolute atomic E-state index is 0.178. The number of hydrogen-bond acceptors (Lipinski definition) is 4. The van der Waals surface area contributed by atoms with Crippen molar-refractivity contribution in [3.8, 4) is 0 Å². The molecule has 1 aromatic heterocycles. The summed E-state index contributed by atoms with van der Waals surface area (Å²) in [5, 5.41) is 3.50. The van der Waals surface area contributed by atoms with Crippen molar-refractivity contribution >= 4 is 52.2 Å². The zero-order valence-corrected chi connectivity index (χ0v) is 16.4. The van der Waals surface area contributed by atoms with Gasteiger partial charge in [-0.05, 0) is 48.0 Å². The van der Waals surface area contributed by atoms with Crippen LogP contribution in [0.1, 0.15) is 26.3 Å². The Morgan fingerprint density at radius 2 is 1.72 bits per heavy atom. The van der Waals surface area contributed by atoms with E-state index >= 15 is 0 Å². The van der Waals surface area contributed by atoms with Gasteiger partial charge >= 0.3 is 0 Å². The van der Waals surface area contributed by atoms with Crippen LogP contribution in [-0.4, -0.2) is 22.6 Å². The van der Waals surface area contributed by atoms with Gasteiger partial charge in [0.2, 0.25) is 0 Å². The summed E-state index contributed by atoms with van der Waals surface area (Å²) in [6, 6.07) is 13.0. The largest absolute Gasteiger partial charge is 0.322 e. The standard InChI is InChI=1S/C21H13Cl2N3O3/c22-16-3-1-12(9-17(16)23)11-26-18-4-2-14(10-15(18)19(27)21(26)29)25-20(28)13-5-7-24-8-6-13/h1-10H,11H2,(H,25,28). The molecule has 0 aliphatic carbocycles. The molecule has 6 nitrogen and oxygen atoms in total. The third kappa shape index (κ3) is 3.72. The van der Waals surface area contributed by atoms with Crippen LogP contribution in [0.5, 0.6) is 0 Å². The summed E-state index contributed by atoms with van der Waals surface area (Å²) < 4.78 is 0. The number of nitrogens with zero attached hydrogens (tertiary/aromatic N) is 2. The maximum Gasteiger partial charge on any atom is 0.299 e. The number of halogens is 2. The topological polar surface area (TPSA) is 79.4 Å². The molecule has 1 N–H and O–H groups in total. The lowest BCUT2D eigenvalue weighted by molar-refractivity contribution is -0.114. The van der Waals surface area contributed by atoms with Crippen molar-refractivity contribution in [1.82, 2.24) is 4.98 Å².